The molecular weight excluding hydrogens is 368 g/mol. The smallest absolute Gasteiger partial charge is 0.277 e. The van der Waals surface area contributed by atoms with Crippen LogP contribution in [-0.2, 0) is 6.54 Å². The molecule has 1 aliphatic rings. The summed E-state index contributed by atoms with van der Waals surface area (Å²) in [6, 6.07) is 17.7. The second-order valence-electron chi connectivity index (χ2n) is 7.00. The molecule has 29 heavy (non-hydrogen) atoms. The molecule has 9 heteroatoms. The van der Waals surface area contributed by atoms with Crippen molar-refractivity contribution in [3.8, 4) is 11.4 Å². The quantitative estimate of drug-likeness (QED) is 0.546. The molecule has 1 fully saturated rings. The summed E-state index contributed by atoms with van der Waals surface area (Å²) in [6.07, 6.45) is 3.86. The summed E-state index contributed by atoms with van der Waals surface area (Å²) in [5.74, 6) is 0.439. The van der Waals surface area contributed by atoms with E-state index >= 15 is 0 Å². The Hall–Kier alpha value is -3.88. The van der Waals surface area contributed by atoms with Gasteiger partial charge in [-0.15, -0.1) is 10.2 Å². The predicted octanol–water partition coefficient (Wildman–Crippen LogP) is 2.57. The molecule has 1 aliphatic carbocycles. The topological polar surface area (TPSA) is 103 Å². The number of amides is 1. The van der Waals surface area contributed by atoms with Crippen LogP contribution < -0.4 is 5.32 Å². The number of nitrogens with one attached hydrogen (secondary N) is 1. The van der Waals surface area contributed by atoms with Gasteiger partial charge in [-0.25, -0.2) is 9.36 Å². The first kappa shape index (κ1) is 17.2. The average Bonchev–Trinajstić information content (AvgIpc) is 3.28. The van der Waals surface area contributed by atoms with Crippen LogP contribution in [0.5, 0.6) is 0 Å². The number of tetrazole rings is 1. The summed E-state index contributed by atoms with van der Waals surface area (Å²) < 4.78 is 3.50. The minimum absolute atomic E-state index is 0.266. The third-order valence-corrected chi connectivity index (χ3v) is 4.75. The summed E-state index contributed by atoms with van der Waals surface area (Å²) in [4.78, 5) is 12.5. The highest BCUT2D eigenvalue weighted by Gasteiger charge is 2.28. The molecule has 2 aromatic carbocycles. The highest BCUT2D eigenvalue weighted by Crippen LogP contribution is 2.36. The van der Waals surface area contributed by atoms with Crippen molar-refractivity contribution in [1.29, 1.82) is 0 Å². The van der Waals surface area contributed by atoms with Crippen molar-refractivity contribution in [3.05, 3.63) is 72.1 Å². The Kier molecular flexibility index (Phi) is 4.32. The highest BCUT2D eigenvalue weighted by atomic mass is 16.2. The summed E-state index contributed by atoms with van der Waals surface area (Å²) in [5.41, 5.74) is 2.94. The van der Waals surface area contributed by atoms with Crippen LogP contribution >= 0.6 is 0 Å². The van der Waals surface area contributed by atoms with E-state index in [4.69, 9.17) is 0 Å². The first-order valence-electron chi connectivity index (χ1n) is 9.40. The van der Waals surface area contributed by atoms with Gasteiger partial charge in [0.1, 0.15) is 0 Å². The van der Waals surface area contributed by atoms with E-state index in [1.165, 1.54) is 0 Å². The van der Waals surface area contributed by atoms with Crippen LogP contribution in [0.2, 0.25) is 0 Å². The van der Waals surface area contributed by atoms with Gasteiger partial charge in [0.15, 0.2) is 11.5 Å². The van der Waals surface area contributed by atoms with Gasteiger partial charge in [-0.3, -0.25) is 4.79 Å². The van der Waals surface area contributed by atoms with Crippen LogP contribution in [0.3, 0.4) is 0 Å². The van der Waals surface area contributed by atoms with Gasteiger partial charge in [-0.05, 0) is 53.1 Å². The third-order valence-electron chi connectivity index (χ3n) is 4.75. The second kappa shape index (κ2) is 7.27. The lowest BCUT2D eigenvalue weighted by Gasteiger charge is -2.05. The molecule has 0 saturated heterocycles. The van der Waals surface area contributed by atoms with Crippen LogP contribution in [0.25, 0.3) is 11.4 Å². The highest BCUT2D eigenvalue weighted by molar-refractivity contribution is 6.02. The van der Waals surface area contributed by atoms with Crippen LogP contribution in [-0.4, -0.2) is 41.1 Å². The van der Waals surface area contributed by atoms with Gasteiger partial charge >= 0.3 is 0 Å². The van der Waals surface area contributed by atoms with Gasteiger partial charge in [-0.1, -0.05) is 35.5 Å². The van der Waals surface area contributed by atoms with Crippen molar-refractivity contribution >= 4 is 11.6 Å². The number of carbonyl (C=O) groups excluding carboxylic acids is 1. The first-order valence-corrected chi connectivity index (χ1v) is 9.40. The number of hydrogen-bond acceptors (Lipinski definition) is 6. The molecule has 0 aliphatic heterocycles. The van der Waals surface area contributed by atoms with Crippen molar-refractivity contribution in [1.82, 2.24) is 35.2 Å². The van der Waals surface area contributed by atoms with E-state index in [1.54, 1.807) is 10.9 Å². The van der Waals surface area contributed by atoms with E-state index in [-0.39, 0.29) is 11.6 Å². The molecule has 0 atom stereocenters. The van der Waals surface area contributed by atoms with Gasteiger partial charge in [-0.2, -0.15) is 0 Å². The minimum Gasteiger partial charge on any atom is -0.321 e. The molecule has 0 unspecified atom stereocenters. The lowest BCUT2D eigenvalue weighted by molar-refractivity contribution is 0.102. The summed E-state index contributed by atoms with van der Waals surface area (Å²) >= 11 is 0. The number of carbonyl (C=O) groups is 1. The number of benzene rings is 2. The fourth-order valence-electron chi connectivity index (χ4n) is 3.10. The van der Waals surface area contributed by atoms with Gasteiger partial charge in [0.25, 0.3) is 5.91 Å². The SMILES string of the molecule is O=C(Nc1ccc(-c2nnnn2C2CC2)cc1)c1cn(Cc2ccccc2)nn1. The van der Waals surface area contributed by atoms with Gasteiger partial charge in [0, 0.05) is 11.3 Å². The molecule has 0 spiro atoms. The van der Waals surface area contributed by atoms with Crippen LogP contribution in [0, 0.1) is 0 Å². The Morgan fingerprint density at radius 2 is 1.79 bits per heavy atom. The Balaban J connectivity index is 1.26. The summed E-state index contributed by atoms with van der Waals surface area (Å²) in [6.45, 7) is 0.561. The first-order chi connectivity index (χ1) is 14.3. The van der Waals surface area contributed by atoms with Gasteiger partial charge in [0.2, 0.25) is 0 Å². The van der Waals surface area contributed by atoms with Crippen molar-refractivity contribution in [2.24, 2.45) is 0 Å². The largest absolute Gasteiger partial charge is 0.321 e. The molecule has 9 nitrogen and oxygen atoms in total. The molecule has 0 radical (unpaired) electrons. The fourth-order valence-corrected chi connectivity index (χ4v) is 3.10. The van der Waals surface area contributed by atoms with Crippen molar-refractivity contribution in [3.63, 3.8) is 0 Å². The van der Waals surface area contributed by atoms with Crippen molar-refractivity contribution < 1.29 is 4.79 Å². The zero-order valence-electron chi connectivity index (χ0n) is 15.5. The Bertz CT molecular complexity index is 1130. The Labute approximate surface area is 166 Å². The molecule has 0 bridgehead atoms. The lowest BCUT2D eigenvalue weighted by Crippen LogP contribution is -2.12. The maximum atomic E-state index is 12.5. The van der Waals surface area contributed by atoms with Gasteiger partial charge < -0.3 is 5.32 Å². The van der Waals surface area contributed by atoms with Crippen LogP contribution in [0.15, 0.2) is 60.8 Å². The fraction of sp³-hybridized carbons (Fsp3) is 0.200. The molecule has 5 rings (SSSR count). The van der Waals surface area contributed by atoms with Crippen LogP contribution in [0.1, 0.15) is 34.9 Å². The van der Waals surface area contributed by atoms with E-state index in [9.17, 15) is 4.79 Å². The average molecular weight is 386 g/mol. The van der Waals surface area contributed by atoms with E-state index in [0.717, 1.165) is 29.8 Å². The summed E-state index contributed by atoms with van der Waals surface area (Å²) in [7, 11) is 0. The number of anilines is 1. The van der Waals surface area contributed by atoms with Crippen LogP contribution in [0.4, 0.5) is 5.69 Å². The summed E-state index contributed by atoms with van der Waals surface area (Å²) in [5, 5.41) is 22.8. The standard InChI is InChI=1S/C20H18N8O/c29-20(18-13-27(25-22-18)12-14-4-2-1-3-5-14)21-16-8-6-15(7-9-16)19-23-24-26-28(19)17-10-11-17/h1-9,13,17H,10-12H2,(H,21,29). The molecule has 144 valence electrons. The second-order valence-corrected chi connectivity index (χ2v) is 7.00. The Morgan fingerprint density at radius 3 is 2.55 bits per heavy atom. The number of aromatic nitrogens is 7. The van der Waals surface area contributed by atoms with E-state index in [1.807, 2.05) is 59.3 Å². The maximum absolute atomic E-state index is 12.5. The Morgan fingerprint density at radius 1 is 1.00 bits per heavy atom. The zero-order chi connectivity index (χ0) is 19.6. The molecule has 1 amide bonds. The zero-order valence-corrected chi connectivity index (χ0v) is 15.5. The normalized spacial score (nSPS) is 13.4. The number of rotatable bonds is 6. The van der Waals surface area contributed by atoms with E-state index < -0.39 is 0 Å². The molecule has 2 heterocycles. The molecule has 2 aromatic heterocycles. The minimum atomic E-state index is -0.306. The number of nitrogens with zero attached hydrogens (tertiary/aromatic N) is 7. The molecule has 4 aromatic rings. The monoisotopic (exact) mass is 386 g/mol. The molecule has 1 saturated carbocycles. The van der Waals surface area contributed by atoms with Gasteiger partial charge in [0.05, 0.1) is 18.8 Å². The maximum Gasteiger partial charge on any atom is 0.277 e. The van der Waals surface area contributed by atoms with E-state index in [0.29, 0.717) is 18.3 Å². The molecule has 1 N–H and O–H groups in total. The van der Waals surface area contributed by atoms with Crippen molar-refractivity contribution in [2.75, 3.05) is 5.32 Å². The number of hydrogen-bond donors (Lipinski definition) is 1. The van der Waals surface area contributed by atoms with E-state index in [2.05, 4.69) is 31.2 Å². The third kappa shape index (κ3) is 3.75. The van der Waals surface area contributed by atoms with Crippen molar-refractivity contribution in [2.45, 2.75) is 25.4 Å². The lowest BCUT2D eigenvalue weighted by atomic mass is 10.2. The molecular formula is C20H18N8O. The predicted molar refractivity (Wildman–Crippen MR) is 105 cm³/mol.